The molecule has 1 atom stereocenters. The average molecular weight is 265 g/mol. The van der Waals surface area contributed by atoms with Crippen molar-refractivity contribution >= 4 is 22.6 Å². The fourth-order valence-corrected chi connectivity index (χ4v) is 3.19. The largest absolute Gasteiger partial charge is 0.458 e. The van der Waals surface area contributed by atoms with E-state index in [9.17, 15) is 5.11 Å². The Morgan fingerprint density at radius 2 is 2.00 bits per heavy atom. The Labute approximate surface area is 112 Å². The second kappa shape index (κ2) is 3.75. The van der Waals surface area contributed by atoms with E-state index in [0.29, 0.717) is 10.8 Å². The zero-order valence-electron chi connectivity index (χ0n) is 10.7. The summed E-state index contributed by atoms with van der Waals surface area (Å²) in [5, 5.41) is 12.6. The van der Waals surface area contributed by atoms with Crippen molar-refractivity contribution in [2.75, 3.05) is 0 Å². The summed E-state index contributed by atoms with van der Waals surface area (Å²) in [7, 11) is 0. The van der Waals surface area contributed by atoms with Gasteiger partial charge in [-0.1, -0.05) is 25.4 Å². The first-order chi connectivity index (χ1) is 8.42. The van der Waals surface area contributed by atoms with Crippen LogP contribution in [0.25, 0.3) is 11.0 Å². The van der Waals surface area contributed by atoms with E-state index < -0.39 is 5.60 Å². The molecular weight excluding hydrogens is 248 g/mol. The summed E-state index contributed by atoms with van der Waals surface area (Å²) in [5.74, 6) is 0.669. The van der Waals surface area contributed by atoms with E-state index in [2.05, 4.69) is 13.8 Å². The quantitative estimate of drug-likeness (QED) is 0.824. The van der Waals surface area contributed by atoms with Crippen molar-refractivity contribution in [3.8, 4) is 0 Å². The minimum Gasteiger partial charge on any atom is -0.458 e. The van der Waals surface area contributed by atoms with Crippen LogP contribution < -0.4 is 0 Å². The predicted molar refractivity (Wildman–Crippen MR) is 72.8 cm³/mol. The summed E-state index contributed by atoms with van der Waals surface area (Å²) >= 11 is 5.97. The summed E-state index contributed by atoms with van der Waals surface area (Å²) in [6.07, 6.45) is 2.80. The highest BCUT2D eigenvalue weighted by Gasteiger charge is 2.50. The highest BCUT2D eigenvalue weighted by atomic mass is 35.5. The van der Waals surface area contributed by atoms with Gasteiger partial charge in [0.25, 0.3) is 0 Å². The summed E-state index contributed by atoms with van der Waals surface area (Å²) in [6, 6.07) is 7.46. The van der Waals surface area contributed by atoms with Crippen molar-refractivity contribution in [3.05, 3.63) is 35.0 Å². The molecule has 96 valence electrons. The lowest BCUT2D eigenvalue weighted by molar-refractivity contribution is -0.0643. The maximum atomic E-state index is 10.9. The second-order valence-electron chi connectivity index (χ2n) is 5.89. The zero-order chi connectivity index (χ0) is 13.0. The van der Waals surface area contributed by atoms with Gasteiger partial charge in [0.15, 0.2) is 0 Å². The van der Waals surface area contributed by atoms with Gasteiger partial charge < -0.3 is 9.52 Å². The molecule has 1 aliphatic carbocycles. The van der Waals surface area contributed by atoms with Crippen LogP contribution in [-0.2, 0) is 5.60 Å². The van der Waals surface area contributed by atoms with Gasteiger partial charge in [0.2, 0.25) is 0 Å². The van der Waals surface area contributed by atoms with Crippen LogP contribution in [0.5, 0.6) is 0 Å². The van der Waals surface area contributed by atoms with Crippen LogP contribution in [0.1, 0.15) is 38.9 Å². The van der Waals surface area contributed by atoms with Crippen molar-refractivity contribution in [3.63, 3.8) is 0 Å². The van der Waals surface area contributed by atoms with Crippen LogP contribution in [-0.4, -0.2) is 5.11 Å². The van der Waals surface area contributed by atoms with Gasteiger partial charge >= 0.3 is 0 Å². The Morgan fingerprint density at radius 3 is 2.67 bits per heavy atom. The van der Waals surface area contributed by atoms with Crippen molar-refractivity contribution < 1.29 is 9.52 Å². The third-order valence-electron chi connectivity index (χ3n) is 4.35. The molecule has 1 aromatic carbocycles. The van der Waals surface area contributed by atoms with Crippen molar-refractivity contribution in [1.29, 1.82) is 0 Å². The van der Waals surface area contributed by atoms with Crippen LogP contribution in [0.15, 0.2) is 28.7 Å². The molecule has 0 radical (unpaired) electrons. The first-order valence-corrected chi connectivity index (χ1v) is 6.72. The Kier molecular flexibility index (Phi) is 2.51. The third kappa shape index (κ3) is 1.59. The molecule has 1 fully saturated rings. The molecule has 1 heterocycles. The van der Waals surface area contributed by atoms with Crippen molar-refractivity contribution in [1.82, 2.24) is 0 Å². The molecule has 3 heteroatoms. The molecule has 0 saturated heterocycles. The van der Waals surface area contributed by atoms with E-state index >= 15 is 0 Å². The fourth-order valence-electron chi connectivity index (χ4n) is 3.01. The smallest absolute Gasteiger partial charge is 0.137 e. The molecule has 0 aliphatic heterocycles. The first-order valence-electron chi connectivity index (χ1n) is 6.34. The third-order valence-corrected chi connectivity index (χ3v) is 4.58. The molecule has 2 nitrogen and oxygen atoms in total. The molecule has 2 aromatic rings. The molecule has 1 aliphatic rings. The Hall–Kier alpha value is -0.990. The van der Waals surface area contributed by atoms with Crippen molar-refractivity contribution in [2.45, 2.75) is 38.7 Å². The Bertz CT molecular complexity index is 600. The SMILES string of the molecule is CC1(C)CCCC1(O)c1cc2cc(Cl)ccc2o1. The molecular formula is C15H17ClO2. The summed E-state index contributed by atoms with van der Waals surface area (Å²) in [4.78, 5) is 0. The summed E-state index contributed by atoms with van der Waals surface area (Å²) in [6.45, 7) is 4.19. The van der Waals surface area contributed by atoms with Gasteiger partial charge in [-0.15, -0.1) is 0 Å². The first kappa shape index (κ1) is 12.1. The number of halogens is 1. The van der Waals surface area contributed by atoms with Crippen LogP contribution in [0.2, 0.25) is 5.02 Å². The Balaban J connectivity index is 2.15. The van der Waals surface area contributed by atoms with Crippen LogP contribution in [0.3, 0.4) is 0 Å². The fraction of sp³-hybridized carbons (Fsp3) is 0.467. The van der Waals surface area contributed by atoms with Gasteiger partial charge in [-0.3, -0.25) is 0 Å². The van der Waals surface area contributed by atoms with Crippen LogP contribution >= 0.6 is 11.6 Å². The lowest BCUT2D eigenvalue weighted by Gasteiger charge is -2.34. The van der Waals surface area contributed by atoms with Crippen LogP contribution in [0.4, 0.5) is 0 Å². The maximum Gasteiger partial charge on any atom is 0.137 e. The number of benzene rings is 1. The van der Waals surface area contributed by atoms with E-state index in [1.54, 1.807) is 6.07 Å². The molecule has 18 heavy (non-hydrogen) atoms. The standard InChI is InChI=1S/C15H17ClO2/c1-14(2)6-3-7-15(14,17)13-9-10-8-11(16)4-5-12(10)18-13/h4-5,8-9,17H,3,6-7H2,1-2H3. The molecule has 1 unspecified atom stereocenters. The minimum absolute atomic E-state index is 0.148. The molecule has 3 rings (SSSR count). The maximum absolute atomic E-state index is 10.9. The minimum atomic E-state index is -0.863. The monoisotopic (exact) mass is 264 g/mol. The zero-order valence-corrected chi connectivity index (χ0v) is 11.4. The second-order valence-corrected chi connectivity index (χ2v) is 6.33. The predicted octanol–water partition coefficient (Wildman–Crippen LogP) is 4.48. The highest BCUT2D eigenvalue weighted by molar-refractivity contribution is 6.31. The van der Waals surface area contributed by atoms with Gasteiger partial charge in [-0.2, -0.15) is 0 Å². The number of hydrogen-bond acceptors (Lipinski definition) is 2. The van der Waals surface area contributed by atoms with Gasteiger partial charge in [0.05, 0.1) is 0 Å². The van der Waals surface area contributed by atoms with Crippen LogP contribution in [0, 0.1) is 5.41 Å². The molecule has 1 N–H and O–H groups in total. The molecule has 1 saturated carbocycles. The molecule has 0 amide bonds. The molecule has 0 spiro atoms. The van der Waals surface area contributed by atoms with Gasteiger partial charge in [-0.25, -0.2) is 0 Å². The topological polar surface area (TPSA) is 33.4 Å². The van der Waals surface area contributed by atoms with E-state index in [0.717, 1.165) is 30.2 Å². The average Bonchev–Trinajstić information content (AvgIpc) is 2.81. The normalized spacial score (nSPS) is 26.9. The van der Waals surface area contributed by atoms with E-state index in [-0.39, 0.29) is 5.41 Å². The van der Waals surface area contributed by atoms with Crippen molar-refractivity contribution in [2.24, 2.45) is 5.41 Å². The Morgan fingerprint density at radius 1 is 1.22 bits per heavy atom. The number of furan rings is 1. The lowest BCUT2D eigenvalue weighted by Crippen LogP contribution is -2.36. The van der Waals surface area contributed by atoms with Gasteiger partial charge in [0, 0.05) is 15.8 Å². The van der Waals surface area contributed by atoms with E-state index in [1.165, 1.54) is 0 Å². The van der Waals surface area contributed by atoms with E-state index in [1.807, 2.05) is 18.2 Å². The highest BCUT2D eigenvalue weighted by Crippen LogP contribution is 2.53. The number of hydrogen-bond donors (Lipinski definition) is 1. The summed E-state index contributed by atoms with van der Waals surface area (Å²) < 4.78 is 5.84. The lowest BCUT2D eigenvalue weighted by atomic mass is 9.76. The van der Waals surface area contributed by atoms with E-state index in [4.69, 9.17) is 16.0 Å². The number of aliphatic hydroxyl groups is 1. The van der Waals surface area contributed by atoms with Gasteiger partial charge in [0.1, 0.15) is 16.9 Å². The van der Waals surface area contributed by atoms with Gasteiger partial charge in [-0.05, 0) is 43.5 Å². The number of rotatable bonds is 1. The summed E-state index contributed by atoms with van der Waals surface area (Å²) in [5.41, 5.74) is -0.228. The number of fused-ring (bicyclic) bond motifs is 1. The molecule has 1 aromatic heterocycles. The molecule has 0 bridgehead atoms.